The van der Waals surface area contributed by atoms with Crippen molar-refractivity contribution >= 4 is 0 Å². The fourth-order valence-corrected chi connectivity index (χ4v) is 3.00. The van der Waals surface area contributed by atoms with Gasteiger partial charge in [0.05, 0.1) is 0 Å². The summed E-state index contributed by atoms with van der Waals surface area (Å²) in [5, 5.41) is 0. The van der Waals surface area contributed by atoms with Crippen molar-refractivity contribution in [3.05, 3.63) is 94.8 Å². The monoisotopic (exact) mass is 393 g/mol. The topological polar surface area (TPSA) is 44.5 Å². The molecule has 0 unspecified atom stereocenters. The lowest BCUT2D eigenvalue weighted by molar-refractivity contribution is 0.255. The molecule has 0 atom stereocenters. The first-order chi connectivity index (χ1) is 14.1. The molecule has 0 aliphatic heterocycles. The summed E-state index contributed by atoms with van der Waals surface area (Å²) < 4.78 is 25.2. The van der Waals surface area contributed by atoms with E-state index in [0.717, 1.165) is 36.1 Å². The highest BCUT2D eigenvalue weighted by atomic mass is 19.1. The number of benzene rings is 3. The zero-order valence-electron chi connectivity index (χ0n) is 16.9. The largest absolute Gasteiger partial charge is 0.485 e. The van der Waals surface area contributed by atoms with Crippen molar-refractivity contribution in [1.82, 2.24) is 0 Å². The van der Waals surface area contributed by atoms with E-state index in [0.29, 0.717) is 25.5 Å². The van der Waals surface area contributed by atoms with Crippen LogP contribution in [-0.4, -0.2) is 6.54 Å². The molecule has 152 valence electrons. The van der Waals surface area contributed by atoms with E-state index in [1.54, 1.807) is 12.1 Å². The molecule has 3 aromatic rings. The first-order valence-electron chi connectivity index (χ1n) is 10.0. The molecule has 29 heavy (non-hydrogen) atoms. The minimum atomic E-state index is -0.252. The number of ether oxygens (including phenoxy) is 2. The fraction of sp³-hybridized carbons (Fsp3) is 0.280. The van der Waals surface area contributed by atoms with Gasteiger partial charge in [0.15, 0.2) is 11.5 Å². The van der Waals surface area contributed by atoms with Gasteiger partial charge in [0.2, 0.25) is 0 Å². The van der Waals surface area contributed by atoms with Crippen molar-refractivity contribution in [2.75, 3.05) is 6.54 Å². The van der Waals surface area contributed by atoms with E-state index in [4.69, 9.17) is 15.2 Å². The molecule has 0 heterocycles. The maximum absolute atomic E-state index is 13.1. The van der Waals surface area contributed by atoms with Crippen LogP contribution in [0.5, 0.6) is 11.5 Å². The number of hydrogen-bond acceptors (Lipinski definition) is 3. The van der Waals surface area contributed by atoms with Gasteiger partial charge in [-0.1, -0.05) is 48.0 Å². The molecule has 0 fully saturated rings. The van der Waals surface area contributed by atoms with E-state index >= 15 is 0 Å². The van der Waals surface area contributed by atoms with Crippen LogP contribution in [-0.2, 0) is 19.6 Å². The lowest BCUT2D eigenvalue weighted by Gasteiger charge is -2.15. The van der Waals surface area contributed by atoms with Gasteiger partial charge in [-0.2, -0.15) is 0 Å². The molecule has 0 saturated carbocycles. The minimum absolute atomic E-state index is 0.252. The van der Waals surface area contributed by atoms with Gasteiger partial charge in [0.25, 0.3) is 0 Å². The van der Waals surface area contributed by atoms with Crippen molar-refractivity contribution in [1.29, 1.82) is 0 Å². The summed E-state index contributed by atoms with van der Waals surface area (Å²) in [5.74, 6) is 1.15. The summed E-state index contributed by atoms with van der Waals surface area (Å²) in [6.07, 6.45) is 3.00. The quantitative estimate of drug-likeness (QED) is 0.458. The molecule has 0 saturated heterocycles. The van der Waals surface area contributed by atoms with Crippen molar-refractivity contribution in [3.8, 4) is 11.5 Å². The van der Waals surface area contributed by atoms with Crippen LogP contribution in [0.1, 0.15) is 35.1 Å². The first kappa shape index (κ1) is 20.9. The summed E-state index contributed by atoms with van der Waals surface area (Å²) in [7, 11) is 0. The first-order valence-corrected chi connectivity index (χ1v) is 10.0. The highest BCUT2D eigenvalue weighted by Crippen LogP contribution is 2.30. The maximum atomic E-state index is 13.1. The average Bonchev–Trinajstić information content (AvgIpc) is 2.74. The average molecular weight is 394 g/mol. The van der Waals surface area contributed by atoms with Crippen LogP contribution < -0.4 is 15.2 Å². The molecule has 0 aliphatic rings. The predicted molar refractivity (Wildman–Crippen MR) is 115 cm³/mol. The Balaban J connectivity index is 1.71. The predicted octanol–water partition coefficient (Wildman–Crippen LogP) is 5.57. The second-order valence-corrected chi connectivity index (χ2v) is 7.22. The van der Waals surface area contributed by atoms with Gasteiger partial charge in [-0.15, -0.1) is 0 Å². The van der Waals surface area contributed by atoms with Gasteiger partial charge in [0.1, 0.15) is 19.0 Å². The van der Waals surface area contributed by atoms with Crippen LogP contribution in [0.4, 0.5) is 4.39 Å². The summed E-state index contributed by atoms with van der Waals surface area (Å²) in [4.78, 5) is 0. The second kappa shape index (κ2) is 10.6. The van der Waals surface area contributed by atoms with Crippen LogP contribution >= 0.6 is 0 Å². The number of halogens is 1. The highest BCUT2D eigenvalue weighted by molar-refractivity contribution is 5.43. The van der Waals surface area contributed by atoms with E-state index in [9.17, 15) is 4.39 Å². The molecule has 0 spiro atoms. The van der Waals surface area contributed by atoms with Crippen molar-refractivity contribution in [2.45, 2.75) is 39.4 Å². The fourth-order valence-electron chi connectivity index (χ4n) is 3.00. The smallest absolute Gasteiger partial charge is 0.161 e. The van der Waals surface area contributed by atoms with Crippen LogP contribution in [0.3, 0.4) is 0 Å². The molecule has 0 aromatic heterocycles. The zero-order valence-corrected chi connectivity index (χ0v) is 16.9. The Morgan fingerprint density at radius 2 is 1.31 bits per heavy atom. The van der Waals surface area contributed by atoms with E-state index in [-0.39, 0.29) is 5.82 Å². The summed E-state index contributed by atoms with van der Waals surface area (Å²) in [5.41, 5.74) is 10.0. The molecule has 0 aliphatic carbocycles. The third-order valence-electron chi connectivity index (χ3n) is 4.75. The van der Waals surface area contributed by atoms with Gasteiger partial charge >= 0.3 is 0 Å². The summed E-state index contributed by atoms with van der Waals surface area (Å²) in [6.45, 7) is 3.60. The molecular formula is C25H28FNO2. The Morgan fingerprint density at radius 1 is 0.724 bits per heavy atom. The second-order valence-electron chi connectivity index (χ2n) is 7.22. The number of hydrogen-bond donors (Lipinski definition) is 1. The molecule has 3 aromatic carbocycles. The van der Waals surface area contributed by atoms with Crippen LogP contribution in [0.25, 0.3) is 0 Å². The molecule has 2 N–H and O–H groups in total. The van der Waals surface area contributed by atoms with E-state index in [2.05, 4.69) is 37.3 Å². The maximum Gasteiger partial charge on any atom is 0.161 e. The van der Waals surface area contributed by atoms with Gasteiger partial charge in [-0.3, -0.25) is 0 Å². The lowest BCUT2D eigenvalue weighted by Crippen LogP contribution is -2.02. The summed E-state index contributed by atoms with van der Waals surface area (Å²) in [6, 6.07) is 20.7. The third kappa shape index (κ3) is 6.61. The summed E-state index contributed by atoms with van der Waals surface area (Å²) >= 11 is 0. The Labute approximate surface area is 172 Å². The Hall–Kier alpha value is -2.85. The highest BCUT2D eigenvalue weighted by Gasteiger charge is 2.09. The van der Waals surface area contributed by atoms with Crippen LogP contribution in [0, 0.1) is 12.7 Å². The number of rotatable bonds is 10. The molecule has 3 nitrogen and oxygen atoms in total. The normalized spacial score (nSPS) is 10.7. The van der Waals surface area contributed by atoms with Gasteiger partial charge in [0, 0.05) is 0 Å². The molecule has 0 radical (unpaired) electrons. The Bertz CT molecular complexity index is 892. The van der Waals surface area contributed by atoms with Crippen molar-refractivity contribution in [2.24, 2.45) is 5.73 Å². The van der Waals surface area contributed by atoms with E-state index < -0.39 is 0 Å². The van der Waals surface area contributed by atoms with Crippen LogP contribution in [0.15, 0.2) is 66.7 Å². The number of aryl methyl sites for hydroxylation is 2. The molecule has 4 heteroatoms. The SMILES string of the molecule is Cc1ccc(COc2cc(CCCCN)ccc2OCc2ccc(F)cc2)cc1. The lowest BCUT2D eigenvalue weighted by atomic mass is 10.1. The van der Waals surface area contributed by atoms with E-state index in [1.807, 2.05) is 12.1 Å². The molecule has 3 rings (SSSR count). The van der Waals surface area contributed by atoms with Gasteiger partial charge in [-0.05, 0) is 73.7 Å². The van der Waals surface area contributed by atoms with Crippen molar-refractivity contribution < 1.29 is 13.9 Å². The van der Waals surface area contributed by atoms with Crippen LogP contribution in [0.2, 0.25) is 0 Å². The zero-order chi connectivity index (χ0) is 20.5. The third-order valence-corrected chi connectivity index (χ3v) is 4.75. The number of nitrogens with two attached hydrogens (primary N) is 1. The van der Waals surface area contributed by atoms with Crippen molar-refractivity contribution in [3.63, 3.8) is 0 Å². The molecule has 0 bridgehead atoms. The van der Waals surface area contributed by atoms with E-state index in [1.165, 1.54) is 23.3 Å². The Morgan fingerprint density at radius 3 is 1.97 bits per heavy atom. The number of unbranched alkanes of at least 4 members (excludes halogenated alkanes) is 1. The Kier molecular flexibility index (Phi) is 7.65. The molecule has 0 amide bonds. The van der Waals surface area contributed by atoms with Gasteiger partial charge in [-0.25, -0.2) is 4.39 Å². The minimum Gasteiger partial charge on any atom is -0.485 e. The molecular weight excluding hydrogens is 365 g/mol. The standard InChI is InChI=1S/C25H28FNO2/c1-19-5-7-21(8-6-19)18-29-25-16-20(4-2-3-15-27)11-14-24(25)28-17-22-9-12-23(26)13-10-22/h5-14,16H,2-4,15,17-18,27H2,1H3. The van der Waals surface area contributed by atoms with Gasteiger partial charge < -0.3 is 15.2 Å².